The van der Waals surface area contributed by atoms with Crippen LogP contribution >= 0.6 is 0 Å². The Hall–Kier alpha value is -1.43. The smallest absolute Gasteiger partial charge is 0.238 e. The van der Waals surface area contributed by atoms with E-state index < -0.39 is 0 Å². The average molecular weight is 274 g/mol. The highest BCUT2D eigenvalue weighted by molar-refractivity contribution is 5.82. The molecule has 5 heteroatoms. The van der Waals surface area contributed by atoms with E-state index in [0.717, 1.165) is 17.9 Å². The van der Waals surface area contributed by atoms with Gasteiger partial charge in [0.2, 0.25) is 5.91 Å². The van der Waals surface area contributed by atoms with Crippen LogP contribution in [0.25, 0.3) is 0 Å². The molecular formula is C15H22N4O. The fraction of sp³-hybridized carbons (Fsp3) is 0.533. The van der Waals surface area contributed by atoms with Crippen molar-refractivity contribution >= 4 is 5.91 Å². The Bertz CT molecular complexity index is 460. The van der Waals surface area contributed by atoms with E-state index >= 15 is 0 Å². The number of nitrogens with one attached hydrogen (secondary N) is 3. The summed E-state index contributed by atoms with van der Waals surface area (Å²) < 4.78 is 0. The molecule has 1 aromatic carbocycles. The summed E-state index contributed by atoms with van der Waals surface area (Å²) in [5.41, 5.74) is 13.4. The van der Waals surface area contributed by atoms with Gasteiger partial charge in [0.05, 0.1) is 0 Å². The van der Waals surface area contributed by atoms with Crippen molar-refractivity contribution < 1.29 is 4.79 Å². The number of hydrazine groups is 1. The fourth-order valence-corrected chi connectivity index (χ4v) is 2.71. The minimum atomic E-state index is -0.159. The summed E-state index contributed by atoms with van der Waals surface area (Å²) in [6, 6.07) is 10.00. The lowest BCUT2D eigenvalue weighted by Gasteiger charge is -2.15. The van der Waals surface area contributed by atoms with Crippen molar-refractivity contribution in [2.75, 3.05) is 6.54 Å². The maximum absolute atomic E-state index is 12.1. The number of hydrogen-bond donors (Lipinski definition) is 4. The van der Waals surface area contributed by atoms with Gasteiger partial charge in [-0.3, -0.25) is 10.2 Å². The van der Waals surface area contributed by atoms with Crippen LogP contribution in [0.15, 0.2) is 30.3 Å². The van der Waals surface area contributed by atoms with E-state index in [-0.39, 0.29) is 18.0 Å². The van der Waals surface area contributed by atoms with Gasteiger partial charge in [0.15, 0.2) is 0 Å². The molecule has 1 saturated carbocycles. The first-order valence-corrected chi connectivity index (χ1v) is 7.33. The number of nitrogens with two attached hydrogens (primary N) is 1. The van der Waals surface area contributed by atoms with Crippen molar-refractivity contribution in [3.63, 3.8) is 0 Å². The summed E-state index contributed by atoms with van der Waals surface area (Å²) in [7, 11) is 0. The first-order valence-electron chi connectivity index (χ1n) is 7.33. The summed E-state index contributed by atoms with van der Waals surface area (Å²) in [6.45, 7) is 0.467. The molecule has 3 atom stereocenters. The first kappa shape index (κ1) is 13.5. The molecule has 5 N–H and O–H groups in total. The quantitative estimate of drug-likeness (QED) is 0.628. The molecule has 0 spiro atoms. The second kappa shape index (κ2) is 5.91. The Morgan fingerprint density at radius 1 is 1.30 bits per heavy atom. The predicted octanol–water partition coefficient (Wildman–Crippen LogP) is 0.448. The molecule has 1 aliphatic carbocycles. The second-order valence-corrected chi connectivity index (χ2v) is 5.78. The molecule has 2 fully saturated rings. The minimum absolute atomic E-state index is 0.0343. The third kappa shape index (κ3) is 3.17. The summed E-state index contributed by atoms with van der Waals surface area (Å²) in [4.78, 5) is 12.1. The molecule has 2 aliphatic rings. The number of carbonyl (C=O) groups excluding carboxylic acids is 1. The Balaban J connectivity index is 1.45. The van der Waals surface area contributed by atoms with Crippen LogP contribution in [0.4, 0.5) is 0 Å². The number of rotatable bonds is 5. The molecule has 108 valence electrons. The number of hydrogen-bond acceptors (Lipinski definition) is 4. The molecular weight excluding hydrogens is 252 g/mol. The standard InChI is InChI=1S/C15H22N4O/c16-12(10-4-2-1-3-5-10)9-17-15(20)14-8-13(18-19-14)11-6-7-11/h1-5,11-14,18-19H,6-9,16H2,(H,17,20). The van der Waals surface area contributed by atoms with Gasteiger partial charge in [-0.15, -0.1) is 0 Å². The van der Waals surface area contributed by atoms with Gasteiger partial charge in [0.25, 0.3) is 0 Å². The molecule has 1 aromatic rings. The van der Waals surface area contributed by atoms with E-state index in [0.29, 0.717) is 12.6 Å². The Morgan fingerprint density at radius 3 is 2.75 bits per heavy atom. The Morgan fingerprint density at radius 2 is 2.05 bits per heavy atom. The topological polar surface area (TPSA) is 79.2 Å². The van der Waals surface area contributed by atoms with Gasteiger partial charge in [-0.2, -0.15) is 0 Å². The number of benzene rings is 1. The minimum Gasteiger partial charge on any atom is -0.353 e. The monoisotopic (exact) mass is 274 g/mol. The van der Waals surface area contributed by atoms with E-state index in [4.69, 9.17) is 5.73 Å². The molecule has 5 nitrogen and oxygen atoms in total. The van der Waals surface area contributed by atoms with Crippen LogP contribution in [-0.2, 0) is 4.79 Å². The SMILES string of the molecule is NC(CNC(=O)C1CC(C2CC2)NN1)c1ccccc1. The maximum Gasteiger partial charge on any atom is 0.238 e. The highest BCUT2D eigenvalue weighted by atomic mass is 16.2. The lowest BCUT2D eigenvalue weighted by Crippen LogP contribution is -2.45. The zero-order chi connectivity index (χ0) is 13.9. The Kier molecular flexibility index (Phi) is 4.00. The van der Waals surface area contributed by atoms with Gasteiger partial charge < -0.3 is 11.1 Å². The number of carbonyl (C=O) groups is 1. The van der Waals surface area contributed by atoms with Crippen LogP contribution in [0, 0.1) is 5.92 Å². The predicted molar refractivity (Wildman–Crippen MR) is 77.6 cm³/mol. The maximum atomic E-state index is 12.1. The summed E-state index contributed by atoms with van der Waals surface area (Å²) in [6.07, 6.45) is 3.44. The molecule has 1 amide bonds. The highest BCUT2D eigenvalue weighted by Gasteiger charge is 2.38. The van der Waals surface area contributed by atoms with Gasteiger partial charge in [0, 0.05) is 18.6 Å². The zero-order valence-corrected chi connectivity index (χ0v) is 11.5. The van der Waals surface area contributed by atoms with E-state index in [1.807, 2.05) is 30.3 Å². The van der Waals surface area contributed by atoms with Crippen molar-refractivity contribution in [2.45, 2.75) is 37.4 Å². The van der Waals surface area contributed by atoms with E-state index in [9.17, 15) is 4.79 Å². The molecule has 20 heavy (non-hydrogen) atoms. The molecule has 1 heterocycles. The average Bonchev–Trinajstić information content (AvgIpc) is 3.22. The van der Waals surface area contributed by atoms with E-state index in [2.05, 4.69) is 16.2 Å². The largest absolute Gasteiger partial charge is 0.353 e. The zero-order valence-electron chi connectivity index (χ0n) is 11.5. The summed E-state index contributed by atoms with van der Waals surface area (Å²) in [5, 5.41) is 2.94. The van der Waals surface area contributed by atoms with Crippen LogP contribution in [-0.4, -0.2) is 24.5 Å². The van der Waals surface area contributed by atoms with Crippen molar-refractivity contribution in [3.05, 3.63) is 35.9 Å². The molecule has 1 aliphatic heterocycles. The fourth-order valence-electron chi connectivity index (χ4n) is 2.71. The van der Waals surface area contributed by atoms with Gasteiger partial charge in [0.1, 0.15) is 6.04 Å². The van der Waals surface area contributed by atoms with Crippen LogP contribution in [0.2, 0.25) is 0 Å². The summed E-state index contributed by atoms with van der Waals surface area (Å²) >= 11 is 0. The van der Waals surface area contributed by atoms with E-state index in [1.165, 1.54) is 12.8 Å². The van der Waals surface area contributed by atoms with Gasteiger partial charge >= 0.3 is 0 Å². The summed E-state index contributed by atoms with van der Waals surface area (Å²) in [5.74, 6) is 0.791. The van der Waals surface area contributed by atoms with Crippen LogP contribution < -0.4 is 21.9 Å². The second-order valence-electron chi connectivity index (χ2n) is 5.78. The first-order chi connectivity index (χ1) is 9.74. The van der Waals surface area contributed by atoms with Crippen molar-refractivity contribution in [1.82, 2.24) is 16.2 Å². The van der Waals surface area contributed by atoms with Gasteiger partial charge in [-0.25, -0.2) is 5.43 Å². The third-order valence-corrected chi connectivity index (χ3v) is 4.16. The third-order valence-electron chi connectivity index (χ3n) is 4.16. The van der Waals surface area contributed by atoms with Crippen molar-refractivity contribution in [3.8, 4) is 0 Å². The van der Waals surface area contributed by atoms with E-state index in [1.54, 1.807) is 0 Å². The van der Waals surface area contributed by atoms with Crippen molar-refractivity contribution in [1.29, 1.82) is 0 Å². The van der Waals surface area contributed by atoms with Crippen molar-refractivity contribution in [2.24, 2.45) is 11.7 Å². The number of amides is 1. The van der Waals surface area contributed by atoms with Crippen LogP contribution in [0.3, 0.4) is 0 Å². The lowest BCUT2D eigenvalue weighted by atomic mass is 10.1. The molecule has 1 saturated heterocycles. The molecule has 0 aromatic heterocycles. The van der Waals surface area contributed by atoms with Crippen LogP contribution in [0.1, 0.15) is 30.9 Å². The Labute approximate surface area is 119 Å². The van der Waals surface area contributed by atoms with Crippen LogP contribution in [0.5, 0.6) is 0 Å². The van der Waals surface area contributed by atoms with Gasteiger partial charge in [-0.05, 0) is 30.7 Å². The molecule has 3 unspecified atom stereocenters. The molecule has 3 rings (SSSR count). The molecule has 0 radical (unpaired) electrons. The van der Waals surface area contributed by atoms with Gasteiger partial charge in [-0.1, -0.05) is 30.3 Å². The normalized spacial score (nSPS) is 27.2. The highest BCUT2D eigenvalue weighted by Crippen LogP contribution is 2.35. The lowest BCUT2D eigenvalue weighted by molar-refractivity contribution is -0.122. The molecule has 0 bridgehead atoms.